The average molecular weight is 556 g/mol. The van der Waals surface area contributed by atoms with E-state index in [0.29, 0.717) is 31.0 Å². The van der Waals surface area contributed by atoms with Crippen LogP contribution in [0.1, 0.15) is 40.7 Å². The number of halogens is 1. The van der Waals surface area contributed by atoms with Gasteiger partial charge in [-0.25, -0.2) is 13.1 Å². The highest BCUT2D eigenvalue weighted by Gasteiger charge is 2.25. The second-order valence-electron chi connectivity index (χ2n) is 9.04. The molecule has 0 saturated carbocycles. The van der Waals surface area contributed by atoms with Gasteiger partial charge in [0.15, 0.2) is 0 Å². The molecule has 38 heavy (non-hydrogen) atoms. The lowest BCUT2D eigenvalue weighted by molar-refractivity contribution is -0.122. The largest absolute Gasteiger partial charge is 0.493 e. The van der Waals surface area contributed by atoms with Crippen LogP contribution < -0.4 is 14.8 Å². The summed E-state index contributed by atoms with van der Waals surface area (Å²) in [5, 5.41) is 2.97. The lowest BCUT2D eigenvalue weighted by atomic mass is 10.0. The van der Waals surface area contributed by atoms with Crippen LogP contribution in [0, 0.1) is 0 Å². The van der Waals surface area contributed by atoms with E-state index in [2.05, 4.69) is 10.0 Å². The van der Waals surface area contributed by atoms with Crippen LogP contribution in [0.15, 0.2) is 77.7 Å². The topological polar surface area (TPSA) is 105 Å². The zero-order valence-electron chi connectivity index (χ0n) is 20.9. The third-order valence-corrected chi connectivity index (χ3v) is 7.96. The Bertz CT molecular complexity index is 1380. The van der Waals surface area contributed by atoms with Crippen LogP contribution >= 0.6 is 11.6 Å². The van der Waals surface area contributed by atoms with E-state index in [1.807, 2.05) is 35.2 Å². The predicted octanol–water partition coefficient (Wildman–Crippen LogP) is 4.14. The highest BCUT2D eigenvalue weighted by atomic mass is 35.5. The van der Waals surface area contributed by atoms with Gasteiger partial charge < -0.3 is 10.1 Å². The molecule has 1 heterocycles. The van der Waals surface area contributed by atoms with Crippen molar-refractivity contribution < 1.29 is 22.7 Å². The van der Waals surface area contributed by atoms with Crippen molar-refractivity contribution in [2.24, 2.45) is 0 Å². The second-order valence-corrected chi connectivity index (χ2v) is 11.1. The Morgan fingerprint density at radius 3 is 2.50 bits per heavy atom. The Balaban J connectivity index is 1.69. The van der Waals surface area contributed by atoms with Gasteiger partial charge in [-0.1, -0.05) is 60.1 Å². The minimum Gasteiger partial charge on any atom is -0.493 e. The zero-order chi connectivity index (χ0) is 27.0. The van der Waals surface area contributed by atoms with E-state index >= 15 is 0 Å². The van der Waals surface area contributed by atoms with E-state index in [4.69, 9.17) is 16.3 Å². The Morgan fingerprint density at radius 1 is 0.947 bits per heavy atom. The van der Waals surface area contributed by atoms with Gasteiger partial charge in [-0.05, 0) is 49.1 Å². The first-order chi connectivity index (χ1) is 18.3. The van der Waals surface area contributed by atoms with E-state index in [1.54, 1.807) is 24.3 Å². The van der Waals surface area contributed by atoms with Crippen molar-refractivity contribution in [2.45, 2.75) is 37.2 Å². The molecule has 1 aliphatic rings. The number of hydrogen-bond donors (Lipinski definition) is 2. The SMILES string of the molecule is O=C1CN(Cc2ccccc2)Cc2c(cccc2C(=O)NS(=O)(=O)c2ccccc2Cl)OCCCCCN1. The Morgan fingerprint density at radius 2 is 1.71 bits per heavy atom. The van der Waals surface area contributed by atoms with Gasteiger partial charge in [-0.3, -0.25) is 14.5 Å². The molecule has 8 nitrogen and oxygen atoms in total. The van der Waals surface area contributed by atoms with E-state index in [-0.39, 0.29) is 34.5 Å². The van der Waals surface area contributed by atoms with Crippen LogP contribution in [0.3, 0.4) is 0 Å². The number of benzene rings is 3. The summed E-state index contributed by atoms with van der Waals surface area (Å²) in [6.45, 7) is 1.75. The second kappa shape index (κ2) is 12.9. The molecule has 200 valence electrons. The monoisotopic (exact) mass is 555 g/mol. The first-order valence-corrected chi connectivity index (χ1v) is 14.3. The van der Waals surface area contributed by atoms with E-state index < -0.39 is 15.9 Å². The predicted molar refractivity (Wildman–Crippen MR) is 145 cm³/mol. The third-order valence-electron chi connectivity index (χ3n) is 6.13. The van der Waals surface area contributed by atoms with Crippen molar-refractivity contribution in [3.63, 3.8) is 0 Å². The quantitative estimate of drug-likeness (QED) is 0.490. The molecule has 0 aromatic heterocycles. The van der Waals surface area contributed by atoms with Gasteiger partial charge >= 0.3 is 0 Å². The van der Waals surface area contributed by atoms with Crippen molar-refractivity contribution in [3.05, 3.63) is 94.5 Å². The normalized spacial score (nSPS) is 15.6. The summed E-state index contributed by atoms with van der Waals surface area (Å²) in [5.41, 5.74) is 1.64. The highest BCUT2D eigenvalue weighted by Crippen LogP contribution is 2.27. The maximum Gasteiger partial charge on any atom is 0.265 e. The fraction of sp³-hybridized carbons (Fsp3) is 0.286. The lowest BCUT2D eigenvalue weighted by Crippen LogP contribution is -2.38. The molecule has 2 amide bonds. The molecule has 0 bridgehead atoms. The van der Waals surface area contributed by atoms with Crippen LogP contribution in [0.5, 0.6) is 5.75 Å². The van der Waals surface area contributed by atoms with Crippen molar-refractivity contribution in [2.75, 3.05) is 19.7 Å². The maximum atomic E-state index is 13.4. The van der Waals surface area contributed by atoms with E-state index in [9.17, 15) is 18.0 Å². The number of carbonyl (C=O) groups excluding carboxylic acids is 2. The molecule has 3 aromatic rings. The number of amides is 2. The number of nitrogens with one attached hydrogen (secondary N) is 2. The molecule has 0 aliphatic carbocycles. The van der Waals surface area contributed by atoms with Crippen molar-refractivity contribution in [1.82, 2.24) is 14.9 Å². The molecule has 0 atom stereocenters. The molecule has 0 radical (unpaired) electrons. The van der Waals surface area contributed by atoms with Gasteiger partial charge in [-0.15, -0.1) is 0 Å². The van der Waals surface area contributed by atoms with Gasteiger partial charge in [-0.2, -0.15) is 0 Å². The minimum absolute atomic E-state index is 0.00989. The van der Waals surface area contributed by atoms with Crippen LogP contribution in [0.4, 0.5) is 0 Å². The van der Waals surface area contributed by atoms with Crippen LogP contribution in [0.25, 0.3) is 0 Å². The fourth-order valence-corrected chi connectivity index (χ4v) is 5.76. The lowest BCUT2D eigenvalue weighted by Gasteiger charge is -2.24. The molecular weight excluding hydrogens is 526 g/mol. The Hall–Kier alpha value is -3.40. The summed E-state index contributed by atoms with van der Waals surface area (Å²) in [4.78, 5) is 27.8. The van der Waals surface area contributed by atoms with E-state index in [0.717, 1.165) is 24.8 Å². The molecule has 0 saturated heterocycles. The van der Waals surface area contributed by atoms with Gasteiger partial charge in [0.2, 0.25) is 5.91 Å². The first-order valence-electron chi connectivity index (χ1n) is 12.4. The Labute approximate surface area is 228 Å². The smallest absolute Gasteiger partial charge is 0.265 e. The summed E-state index contributed by atoms with van der Waals surface area (Å²) < 4.78 is 34.2. The standard InChI is InChI=1S/C28H30ClN3O5S/c29-24-13-5-6-15-26(24)38(35,36)31-28(34)22-12-9-14-25-23(22)19-32(18-21-10-3-1-4-11-21)20-27(33)30-16-7-2-8-17-37-25/h1,3-6,9-15H,2,7-8,16-20H2,(H,30,33)(H,31,34). The molecule has 0 spiro atoms. The number of ether oxygens (including phenoxy) is 1. The van der Waals surface area contributed by atoms with Gasteiger partial charge in [0.05, 0.1) is 18.2 Å². The zero-order valence-corrected chi connectivity index (χ0v) is 22.4. The number of hydrogen-bond acceptors (Lipinski definition) is 6. The molecule has 2 N–H and O–H groups in total. The molecule has 0 fully saturated rings. The van der Waals surface area contributed by atoms with E-state index in [1.165, 1.54) is 18.2 Å². The molecule has 1 aliphatic heterocycles. The van der Waals surface area contributed by atoms with Crippen LogP contribution in [-0.2, 0) is 27.9 Å². The maximum absolute atomic E-state index is 13.4. The fourth-order valence-electron chi connectivity index (χ4n) is 4.28. The molecule has 3 aromatic carbocycles. The number of fused-ring (bicyclic) bond motifs is 1. The summed E-state index contributed by atoms with van der Waals surface area (Å²) in [6.07, 6.45) is 2.49. The first kappa shape index (κ1) is 27.6. The highest BCUT2D eigenvalue weighted by molar-refractivity contribution is 7.90. The summed E-state index contributed by atoms with van der Waals surface area (Å²) in [6, 6.07) is 20.6. The van der Waals surface area contributed by atoms with Crippen molar-refractivity contribution in [3.8, 4) is 5.75 Å². The molecule has 4 rings (SSSR count). The number of sulfonamides is 1. The summed E-state index contributed by atoms with van der Waals surface area (Å²) in [5.74, 6) is -0.449. The third kappa shape index (κ3) is 7.34. The average Bonchev–Trinajstić information content (AvgIpc) is 2.90. The number of carbonyl (C=O) groups is 2. The minimum atomic E-state index is -4.23. The van der Waals surface area contributed by atoms with Gasteiger partial charge in [0.25, 0.3) is 15.9 Å². The van der Waals surface area contributed by atoms with Gasteiger partial charge in [0, 0.05) is 30.8 Å². The molecule has 0 unspecified atom stereocenters. The Kier molecular flexibility index (Phi) is 9.38. The van der Waals surface area contributed by atoms with Crippen LogP contribution in [-0.4, -0.2) is 44.8 Å². The number of rotatable bonds is 5. The summed E-state index contributed by atoms with van der Waals surface area (Å²) >= 11 is 6.08. The molecular formula is C28H30ClN3O5S. The van der Waals surface area contributed by atoms with Crippen LogP contribution in [0.2, 0.25) is 5.02 Å². The number of nitrogens with zero attached hydrogens (tertiary/aromatic N) is 1. The summed E-state index contributed by atoms with van der Waals surface area (Å²) in [7, 11) is -4.23. The molecule has 10 heteroatoms. The van der Waals surface area contributed by atoms with Crippen molar-refractivity contribution in [1.29, 1.82) is 0 Å². The van der Waals surface area contributed by atoms with Crippen molar-refractivity contribution >= 4 is 33.4 Å². The van der Waals surface area contributed by atoms with Gasteiger partial charge in [0.1, 0.15) is 10.6 Å².